The van der Waals surface area contributed by atoms with Crippen LogP contribution in [0.4, 0.5) is 11.8 Å². The number of nitrogens with zero attached hydrogens (tertiary/aromatic N) is 5. The van der Waals surface area contributed by atoms with Gasteiger partial charge >= 0.3 is 21.3 Å². The maximum atomic E-state index is 12.5. The third kappa shape index (κ3) is 6.84. The zero-order valence-corrected chi connectivity index (χ0v) is 25.3. The van der Waals surface area contributed by atoms with Crippen LogP contribution in [-0.4, -0.2) is 89.4 Å². The zero-order chi connectivity index (χ0) is 32.1. The van der Waals surface area contributed by atoms with Crippen molar-refractivity contribution in [3.05, 3.63) is 53.8 Å². The predicted octanol–water partition coefficient (Wildman–Crippen LogP) is -3.52. The molecule has 5 rings (SSSR count). The lowest BCUT2D eigenvalue weighted by molar-refractivity contribution is -0.0545. The predicted molar refractivity (Wildman–Crippen MR) is 151 cm³/mol. The van der Waals surface area contributed by atoms with Crippen LogP contribution in [0, 0.1) is 0 Å². The summed E-state index contributed by atoms with van der Waals surface area (Å²) in [4.78, 5) is 62.7. The number of thiol groups is 2. The van der Waals surface area contributed by atoms with Crippen molar-refractivity contribution in [2.45, 2.75) is 42.9 Å². The molecule has 9 N–H and O–H groups in total. The van der Waals surface area contributed by atoms with Crippen LogP contribution in [0.15, 0.2) is 41.6 Å². The molecule has 0 saturated carbocycles. The Bertz CT molecular complexity index is 1840. The minimum atomic E-state index is -5.37. The third-order valence-corrected chi connectivity index (χ3v) is 10.1. The molecule has 2 aromatic heterocycles. The Morgan fingerprint density at radius 1 is 1.00 bits per heavy atom. The summed E-state index contributed by atoms with van der Waals surface area (Å²) in [5.74, 6) is -0.321. The van der Waals surface area contributed by atoms with Crippen molar-refractivity contribution in [1.29, 1.82) is 0 Å². The number of hydrogen-bond acceptors (Lipinski definition) is 19. The first kappa shape index (κ1) is 32.9. The van der Waals surface area contributed by atoms with Crippen LogP contribution in [0.5, 0.6) is 0 Å². The van der Waals surface area contributed by atoms with Crippen LogP contribution < -0.4 is 33.6 Å². The Hall–Kier alpha value is -2.50. The van der Waals surface area contributed by atoms with E-state index in [0.717, 1.165) is 10.8 Å². The third-order valence-electron chi connectivity index (χ3n) is 6.29. The van der Waals surface area contributed by atoms with Gasteiger partial charge in [-0.1, -0.05) is 0 Å². The number of aromatic amines is 1. The van der Waals surface area contributed by atoms with E-state index in [1.54, 1.807) is 0 Å². The number of fused-ring (bicyclic) bond motifs is 2. The van der Waals surface area contributed by atoms with Gasteiger partial charge in [-0.3, -0.25) is 28.4 Å². The molecule has 0 amide bonds. The van der Waals surface area contributed by atoms with E-state index in [1.165, 1.54) is 6.07 Å². The van der Waals surface area contributed by atoms with Crippen molar-refractivity contribution >= 4 is 52.7 Å². The molecule has 0 aromatic carbocycles. The fourth-order valence-corrected chi connectivity index (χ4v) is 6.94. The normalized spacial score (nSPS) is 30.8. The lowest BCUT2D eigenvalue weighted by Crippen LogP contribution is -2.52. The largest absolute Gasteiger partial charge is 0.481 e. The van der Waals surface area contributed by atoms with Crippen LogP contribution in [0.25, 0.3) is 0 Å². The molecule has 25 heteroatoms. The lowest BCUT2D eigenvalue weighted by atomic mass is 10.1. The number of nitrogen functional groups attached to an aromatic ring is 2. The first-order chi connectivity index (χ1) is 20.5. The van der Waals surface area contributed by atoms with E-state index in [2.05, 4.69) is 59.0 Å². The molecule has 1 saturated heterocycles. The van der Waals surface area contributed by atoms with E-state index in [4.69, 9.17) is 25.5 Å². The van der Waals surface area contributed by atoms with Gasteiger partial charge in [0.15, 0.2) is 23.3 Å². The maximum Gasteiger partial charge on any atom is 0.481 e. The van der Waals surface area contributed by atoms with Gasteiger partial charge in [-0.2, -0.15) is 14.3 Å². The maximum absolute atomic E-state index is 12.5. The molecular weight excluding hydrogens is 674 g/mol. The average Bonchev–Trinajstić information content (AvgIpc) is 3.20. The van der Waals surface area contributed by atoms with Crippen molar-refractivity contribution in [1.82, 2.24) is 19.5 Å². The molecule has 0 aliphatic carbocycles. The molecule has 9 atom stereocenters. The number of phosphoric acid groups is 2. The van der Waals surface area contributed by atoms with Crippen molar-refractivity contribution in [3.63, 3.8) is 0 Å². The van der Waals surface area contributed by atoms with Crippen molar-refractivity contribution in [2.75, 3.05) is 24.7 Å². The Kier molecular flexibility index (Phi) is 9.24. The summed E-state index contributed by atoms with van der Waals surface area (Å²) in [7, 11) is -10.7. The summed E-state index contributed by atoms with van der Waals surface area (Å²) in [6.07, 6.45) is -7.55. The van der Waals surface area contributed by atoms with Gasteiger partial charge in [0.2, 0.25) is 5.95 Å². The van der Waals surface area contributed by atoms with Gasteiger partial charge in [-0.15, -0.1) is 25.3 Å². The van der Waals surface area contributed by atoms with Crippen LogP contribution in [-0.2, 0) is 32.0 Å². The topological polar surface area (TPSA) is 319 Å². The number of rotatable bonds is 9. The van der Waals surface area contributed by atoms with Crippen LogP contribution in [0.1, 0.15) is 6.23 Å². The molecule has 0 spiro atoms. The number of ether oxygens (including phenoxy) is 2. The molecule has 1 fully saturated rings. The molecule has 0 bridgehead atoms. The van der Waals surface area contributed by atoms with Crippen LogP contribution in [0.3, 0.4) is 0 Å². The van der Waals surface area contributed by atoms with Gasteiger partial charge in [0.1, 0.15) is 36.3 Å². The van der Waals surface area contributed by atoms with Crippen LogP contribution >= 0.6 is 40.9 Å². The molecule has 2 aromatic rings. The molecule has 9 unspecified atom stereocenters. The number of phosphoric ester groups is 2. The number of aromatic nitrogens is 4. The average molecular weight is 699 g/mol. The molecule has 240 valence electrons. The standard InChI is InChI=1S/C19H24N8O13P2S2/c20-7-1-2-27(19(31)22-7)17-11(29)10(28)5(39-17)3-36-41(32,33)40-42(34,35)37-4-6-12(43)13(44)8-16(38-6)24-14-9(23-8)15(30)26-18(21)25-14/h1-2,5-6,8,10-11,16-17,28-29,43-44H,3-4H2,(H,32,33)(H,34,35)(H2,20,22,31)(H3,21,24,25,26,30). The Labute approximate surface area is 255 Å². The van der Waals surface area contributed by atoms with Crippen molar-refractivity contribution in [2.24, 2.45) is 9.98 Å². The SMILES string of the molecule is Nc1ccn(C2OC(COP(=O)(O)OP(=O)(O)OCC3OC4N=c5nc(N)[nH]c(=O)c5=NC4C(S)=C3S)C(O)C2O)c(=O)n1. The minimum absolute atomic E-state index is 0.0798. The molecular formula is C19H24N8O13P2S2. The van der Waals surface area contributed by atoms with Crippen molar-refractivity contribution in [3.8, 4) is 0 Å². The highest BCUT2D eigenvalue weighted by Crippen LogP contribution is 2.60. The molecule has 5 heterocycles. The fraction of sp³-hybridized carbons (Fsp3) is 0.474. The summed E-state index contributed by atoms with van der Waals surface area (Å²) in [6, 6.07) is 0.321. The number of nitrogens with one attached hydrogen (secondary N) is 1. The quantitative estimate of drug-likeness (QED) is 0.0905. The Morgan fingerprint density at radius 2 is 1.68 bits per heavy atom. The summed E-state index contributed by atoms with van der Waals surface area (Å²) in [5.41, 5.74) is 9.30. The van der Waals surface area contributed by atoms with Gasteiger partial charge in [-0.25, -0.2) is 18.9 Å². The highest BCUT2D eigenvalue weighted by Gasteiger charge is 2.46. The van der Waals surface area contributed by atoms with Gasteiger partial charge in [0.25, 0.3) is 5.56 Å². The lowest BCUT2D eigenvalue weighted by Gasteiger charge is -2.34. The monoisotopic (exact) mass is 698 g/mol. The number of aliphatic hydroxyl groups excluding tert-OH is 2. The Balaban J connectivity index is 1.20. The van der Waals surface area contributed by atoms with E-state index >= 15 is 0 Å². The number of hydrogen-bond donors (Lipinski definition) is 9. The molecule has 44 heavy (non-hydrogen) atoms. The smallest absolute Gasteiger partial charge is 0.387 e. The van der Waals surface area contributed by atoms with E-state index in [0.29, 0.717) is 0 Å². The second kappa shape index (κ2) is 12.4. The first-order valence-electron chi connectivity index (χ1n) is 12.2. The van der Waals surface area contributed by atoms with Gasteiger partial charge in [0, 0.05) is 16.0 Å². The first-order valence-corrected chi connectivity index (χ1v) is 16.0. The summed E-state index contributed by atoms with van der Waals surface area (Å²) in [6.45, 7) is -1.70. The van der Waals surface area contributed by atoms with Gasteiger partial charge in [-0.05, 0) is 6.07 Å². The summed E-state index contributed by atoms with van der Waals surface area (Å²) in [5, 5.41) is 20.4. The van der Waals surface area contributed by atoms with Gasteiger partial charge in [0.05, 0.1) is 13.2 Å². The Morgan fingerprint density at radius 3 is 2.36 bits per heavy atom. The molecule has 21 nitrogen and oxygen atoms in total. The number of anilines is 2. The van der Waals surface area contributed by atoms with E-state index < -0.39 is 83.0 Å². The van der Waals surface area contributed by atoms with E-state index in [9.17, 15) is 38.7 Å². The van der Waals surface area contributed by atoms with Crippen molar-refractivity contribution < 1.29 is 52.0 Å². The highest BCUT2D eigenvalue weighted by molar-refractivity contribution is 7.88. The second-order valence-electron chi connectivity index (χ2n) is 9.31. The minimum Gasteiger partial charge on any atom is -0.387 e. The van der Waals surface area contributed by atoms with Crippen LogP contribution in [0.2, 0.25) is 0 Å². The van der Waals surface area contributed by atoms with E-state index in [1.807, 2.05) is 0 Å². The molecule has 3 aliphatic rings. The number of aliphatic hydroxyl groups is 2. The summed E-state index contributed by atoms with van der Waals surface area (Å²) < 4.78 is 50.6. The van der Waals surface area contributed by atoms with E-state index in [-0.39, 0.29) is 32.4 Å². The number of nitrogens with two attached hydrogens (primary N) is 2. The zero-order valence-electron chi connectivity index (χ0n) is 21.8. The number of H-pyrrole nitrogens is 1. The highest BCUT2D eigenvalue weighted by atomic mass is 32.1. The molecule has 0 radical (unpaired) electrons. The summed E-state index contributed by atoms with van der Waals surface area (Å²) >= 11 is 8.64. The molecule has 3 aliphatic heterocycles. The fourth-order valence-electron chi connectivity index (χ4n) is 4.26. The second-order valence-corrected chi connectivity index (χ2v) is 13.3. The van der Waals surface area contributed by atoms with Gasteiger partial charge < -0.3 is 40.9 Å².